The third-order valence-corrected chi connectivity index (χ3v) is 6.08. The molecule has 0 spiro atoms. The van der Waals surface area contributed by atoms with Crippen LogP contribution in [0.5, 0.6) is 0 Å². The molecule has 0 aliphatic carbocycles. The first kappa shape index (κ1) is 21.3. The Morgan fingerprint density at radius 3 is 2.26 bits per heavy atom. The van der Waals surface area contributed by atoms with E-state index in [0.29, 0.717) is 37.8 Å². The molecule has 2 atom stereocenters. The molecular formula is C23H21F4NO3. The van der Waals surface area contributed by atoms with Crippen LogP contribution in [0, 0.1) is 11.7 Å². The topological polar surface area (TPSA) is 46.6 Å². The smallest absolute Gasteiger partial charge is 0.419 e. The number of rotatable bonds is 4. The maximum atomic E-state index is 13.6. The number of nitrogens with zero attached hydrogens (tertiary/aromatic N) is 1. The van der Waals surface area contributed by atoms with E-state index in [1.807, 2.05) is 30.3 Å². The van der Waals surface area contributed by atoms with Crippen molar-refractivity contribution in [1.29, 1.82) is 0 Å². The van der Waals surface area contributed by atoms with E-state index in [-0.39, 0.29) is 24.3 Å². The van der Waals surface area contributed by atoms with Crippen molar-refractivity contribution >= 4 is 11.9 Å². The number of amides is 1. The van der Waals surface area contributed by atoms with Gasteiger partial charge in [0.05, 0.1) is 5.56 Å². The summed E-state index contributed by atoms with van der Waals surface area (Å²) in [4.78, 5) is 27.2. The summed E-state index contributed by atoms with van der Waals surface area (Å²) in [6, 6.07) is 11.2. The number of hydrogen-bond acceptors (Lipinski definition) is 3. The van der Waals surface area contributed by atoms with Crippen LogP contribution in [0.1, 0.15) is 47.2 Å². The summed E-state index contributed by atoms with van der Waals surface area (Å²) < 4.78 is 58.0. The van der Waals surface area contributed by atoms with E-state index in [1.54, 1.807) is 4.90 Å². The molecule has 2 bridgehead atoms. The van der Waals surface area contributed by atoms with Gasteiger partial charge in [-0.3, -0.25) is 4.79 Å². The number of carbonyl (C=O) groups excluding carboxylic acids is 2. The molecule has 0 N–H and O–H groups in total. The summed E-state index contributed by atoms with van der Waals surface area (Å²) in [5.74, 6) is -2.36. The van der Waals surface area contributed by atoms with Gasteiger partial charge in [0.15, 0.2) is 5.78 Å². The highest BCUT2D eigenvalue weighted by Crippen LogP contribution is 2.41. The zero-order chi connectivity index (χ0) is 22.2. The number of halogens is 4. The van der Waals surface area contributed by atoms with Gasteiger partial charge in [-0.15, -0.1) is 0 Å². The molecule has 2 aliphatic rings. The standard InChI is InChI=1S/C23H21F4NO3/c24-20-9-6-15(12-19(20)23(25,26)27)21(29)16-10-17-7-8-18(11-16)28(17)22(30)31-13-14-4-2-1-3-5-14/h1-6,9,12,16-18H,7-8,10-11,13H2. The number of Topliss-reactive ketones (excluding diaryl/α,β-unsaturated/α-hetero) is 1. The highest BCUT2D eigenvalue weighted by Gasteiger charge is 2.46. The van der Waals surface area contributed by atoms with Crippen LogP contribution in [0.4, 0.5) is 22.4 Å². The summed E-state index contributed by atoms with van der Waals surface area (Å²) >= 11 is 0. The maximum Gasteiger partial charge on any atom is 0.419 e. The van der Waals surface area contributed by atoms with Gasteiger partial charge in [0.2, 0.25) is 0 Å². The zero-order valence-corrected chi connectivity index (χ0v) is 16.6. The van der Waals surface area contributed by atoms with E-state index in [0.717, 1.165) is 11.6 Å². The number of carbonyl (C=O) groups is 2. The lowest BCUT2D eigenvalue weighted by atomic mass is 9.84. The van der Waals surface area contributed by atoms with Crippen molar-refractivity contribution in [2.24, 2.45) is 5.92 Å². The van der Waals surface area contributed by atoms with Crippen molar-refractivity contribution < 1.29 is 31.9 Å². The van der Waals surface area contributed by atoms with Crippen LogP contribution in [0.2, 0.25) is 0 Å². The molecule has 2 unspecified atom stereocenters. The number of hydrogen-bond donors (Lipinski definition) is 0. The molecule has 1 amide bonds. The average Bonchev–Trinajstić information content (AvgIpc) is 3.01. The lowest BCUT2D eigenvalue weighted by Crippen LogP contribution is -2.48. The van der Waals surface area contributed by atoms with Gasteiger partial charge in [0, 0.05) is 23.6 Å². The van der Waals surface area contributed by atoms with Gasteiger partial charge in [0.1, 0.15) is 12.4 Å². The van der Waals surface area contributed by atoms with Crippen LogP contribution in [-0.4, -0.2) is 28.9 Å². The molecule has 2 heterocycles. The Kier molecular flexibility index (Phi) is 5.73. The summed E-state index contributed by atoms with van der Waals surface area (Å²) in [5.41, 5.74) is -0.730. The van der Waals surface area contributed by atoms with Gasteiger partial charge in [-0.1, -0.05) is 30.3 Å². The molecule has 0 aromatic heterocycles. The number of ketones is 1. The Hall–Kier alpha value is -2.90. The second-order valence-electron chi connectivity index (χ2n) is 8.06. The fourth-order valence-electron chi connectivity index (χ4n) is 4.61. The van der Waals surface area contributed by atoms with Gasteiger partial charge < -0.3 is 9.64 Å². The Labute approximate surface area is 176 Å². The lowest BCUT2D eigenvalue weighted by molar-refractivity contribution is -0.140. The van der Waals surface area contributed by atoms with Gasteiger partial charge in [-0.25, -0.2) is 9.18 Å². The fraction of sp³-hybridized carbons (Fsp3) is 0.391. The monoisotopic (exact) mass is 435 g/mol. The third-order valence-electron chi connectivity index (χ3n) is 6.08. The van der Waals surface area contributed by atoms with Crippen LogP contribution in [0.15, 0.2) is 48.5 Å². The summed E-state index contributed by atoms with van der Waals surface area (Å²) in [7, 11) is 0. The summed E-state index contributed by atoms with van der Waals surface area (Å²) in [6.07, 6.45) is -3.17. The van der Waals surface area contributed by atoms with E-state index < -0.39 is 35.4 Å². The number of benzene rings is 2. The van der Waals surface area contributed by atoms with Crippen molar-refractivity contribution in [3.63, 3.8) is 0 Å². The van der Waals surface area contributed by atoms with Crippen molar-refractivity contribution in [2.45, 2.75) is 50.6 Å². The number of fused-ring (bicyclic) bond motifs is 2. The molecular weight excluding hydrogens is 414 g/mol. The lowest BCUT2D eigenvalue weighted by Gasteiger charge is -2.37. The van der Waals surface area contributed by atoms with Crippen LogP contribution in [-0.2, 0) is 17.5 Å². The molecule has 2 fully saturated rings. The van der Waals surface area contributed by atoms with Gasteiger partial charge >= 0.3 is 12.3 Å². The predicted molar refractivity (Wildman–Crippen MR) is 104 cm³/mol. The van der Waals surface area contributed by atoms with Crippen molar-refractivity contribution in [3.05, 3.63) is 71.0 Å². The minimum absolute atomic E-state index is 0.147. The molecule has 2 saturated heterocycles. The Bertz CT molecular complexity index is 963. The normalized spacial score (nSPS) is 23.0. The minimum atomic E-state index is -4.87. The van der Waals surface area contributed by atoms with Crippen molar-refractivity contribution in [2.75, 3.05) is 0 Å². The van der Waals surface area contributed by atoms with E-state index >= 15 is 0 Å². The molecule has 0 radical (unpaired) electrons. The van der Waals surface area contributed by atoms with Crippen LogP contribution >= 0.6 is 0 Å². The molecule has 31 heavy (non-hydrogen) atoms. The number of piperidine rings is 1. The van der Waals surface area contributed by atoms with Crippen LogP contribution in [0.25, 0.3) is 0 Å². The Morgan fingerprint density at radius 2 is 1.65 bits per heavy atom. The average molecular weight is 435 g/mol. The Balaban J connectivity index is 1.43. The zero-order valence-electron chi connectivity index (χ0n) is 16.6. The second kappa shape index (κ2) is 8.32. The number of ether oxygens (including phenoxy) is 1. The van der Waals surface area contributed by atoms with E-state index in [2.05, 4.69) is 0 Å². The second-order valence-corrected chi connectivity index (χ2v) is 8.06. The molecule has 164 valence electrons. The van der Waals surface area contributed by atoms with Crippen molar-refractivity contribution in [3.8, 4) is 0 Å². The van der Waals surface area contributed by atoms with Gasteiger partial charge in [-0.2, -0.15) is 13.2 Å². The fourth-order valence-corrected chi connectivity index (χ4v) is 4.61. The molecule has 2 aromatic rings. The maximum absolute atomic E-state index is 13.6. The van der Waals surface area contributed by atoms with E-state index in [9.17, 15) is 27.2 Å². The summed E-state index contributed by atoms with van der Waals surface area (Å²) in [5, 5.41) is 0. The molecule has 0 saturated carbocycles. The summed E-state index contributed by atoms with van der Waals surface area (Å²) in [6.45, 7) is 0.147. The quantitative estimate of drug-likeness (QED) is 0.464. The highest BCUT2D eigenvalue weighted by atomic mass is 19.4. The largest absolute Gasteiger partial charge is 0.445 e. The first-order valence-electron chi connectivity index (χ1n) is 10.1. The molecule has 4 nitrogen and oxygen atoms in total. The van der Waals surface area contributed by atoms with E-state index in [1.165, 1.54) is 0 Å². The molecule has 2 aliphatic heterocycles. The minimum Gasteiger partial charge on any atom is -0.445 e. The van der Waals surface area contributed by atoms with Gasteiger partial charge in [-0.05, 0) is 49.4 Å². The van der Waals surface area contributed by atoms with Crippen molar-refractivity contribution in [1.82, 2.24) is 4.90 Å². The number of alkyl halides is 3. The molecule has 4 rings (SSSR count). The first-order valence-corrected chi connectivity index (χ1v) is 10.1. The van der Waals surface area contributed by atoms with Gasteiger partial charge in [0.25, 0.3) is 0 Å². The molecule has 2 aromatic carbocycles. The first-order chi connectivity index (χ1) is 14.7. The predicted octanol–water partition coefficient (Wildman–Crippen LogP) is 5.61. The molecule has 8 heteroatoms. The Morgan fingerprint density at radius 1 is 1.00 bits per heavy atom. The SMILES string of the molecule is O=C(c1ccc(F)c(C(F)(F)F)c1)C1CC2CCC(C1)N2C(=O)OCc1ccccc1. The van der Waals surface area contributed by atoms with E-state index in [4.69, 9.17) is 4.74 Å². The van der Waals surface area contributed by atoms with Crippen LogP contribution < -0.4 is 0 Å². The highest BCUT2D eigenvalue weighted by molar-refractivity contribution is 5.98. The third kappa shape index (κ3) is 4.43. The van der Waals surface area contributed by atoms with Crippen LogP contribution in [0.3, 0.4) is 0 Å².